The van der Waals surface area contributed by atoms with Gasteiger partial charge in [-0.1, -0.05) is 6.92 Å². The first-order valence-corrected chi connectivity index (χ1v) is 7.32. The van der Waals surface area contributed by atoms with Crippen LogP contribution in [0.3, 0.4) is 0 Å². The lowest BCUT2D eigenvalue weighted by Gasteiger charge is -2.29. The van der Waals surface area contributed by atoms with Crippen molar-refractivity contribution in [1.29, 1.82) is 0 Å². The van der Waals surface area contributed by atoms with Crippen LogP contribution in [0.25, 0.3) is 0 Å². The zero-order valence-electron chi connectivity index (χ0n) is 12.4. The van der Waals surface area contributed by atoms with Gasteiger partial charge in [-0.25, -0.2) is 4.98 Å². The Balaban J connectivity index is 2.07. The summed E-state index contributed by atoms with van der Waals surface area (Å²) < 4.78 is 0. The summed E-state index contributed by atoms with van der Waals surface area (Å²) in [5, 5.41) is 3.37. The van der Waals surface area contributed by atoms with Gasteiger partial charge in [0.2, 0.25) is 0 Å². The van der Waals surface area contributed by atoms with Gasteiger partial charge in [0.15, 0.2) is 0 Å². The predicted molar refractivity (Wildman–Crippen MR) is 81.9 cm³/mol. The molecule has 1 aromatic heterocycles. The van der Waals surface area contributed by atoms with Gasteiger partial charge in [0.1, 0.15) is 5.82 Å². The minimum absolute atomic E-state index is 0.636. The maximum absolute atomic E-state index is 4.39. The van der Waals surface area contributed by atoms with E-state index in [2.05, 4.69) is 53.3 Å². The third-order valence-corrected chi connectivity index (χ3v) is 3.58. The molecule has 1 aliphatic rings. The van der Waals surface area contributed by atoms with Gasteiger partial charge in [-0.15, -0.1) is 0 Å². The molecule has 1 unspecified atom stereocenters. The highest BCUT2D eigenvalue weighted by Gasteiger charge is 2.25. The van der Waals surface area contributed by atoms with Crippen molar-refractivity contribution in [3.63, 3.8) is 0 Å². The molecule has 1 fully saturated rings. The van der Waals surface area contributed by atoms with Gasteiger partial charge in [-0.05, 0) is 39.4 Å². The summed E-state index contributed by atoms with van der Waals surface area (Å²) in [5.74, 6) is 0.995. The Morgan fingerprint density at radius 1 is 1.47 bits per heavy atom. The summed E-state index contributed by atoms with van der Waals surface area (Å²) in [6.07, 6.45) is 5.62. The van der Waals surface area contributed by atoms with Gasteiger partial charge >= 0.3 is 0 Å². The van der Waals surface area contributed by atoms with Gasteiger partial charge in [0, 0.05) is 43.6 Å². The van der Waals surface area contributed by atoms with E-state index in [9.17, 15) is 0 Å². The van der Waals surface area contributed by atoms with E-state index >= 15 is 0 Å². The summed E-state index contributed by atoms with van der Waals surface area (Å²) in [7, 11) is 4.30. The molecule has 1 aromatic rings. The van der Waals surface area contributed by atoms with E-state index in [0.29, 0.717) is 6.04 Å². The van der Waals surface area contributed by atoms with Gasteiger partial charge < -0.3 is 15.1 Å². The Hall–Kier alpha value is -1.29. The van der Waals surface area contributed by atoms with Crippen molar-refractivity contribution in [2.45, 2.75) is 32.2 Å². The monoisotopic (exact) mass is 262 g/mol. The zero-order chi connectivity index (χ0) is 13.7. The van der Waals surface area contributed by atoms with Crippen molar-refractivity contribution in [2.75, 3.05) is 43.9 Å². The maximum Gasteiger partial charge on any atom is 0.127 e. The molecule has 0 spiro atoms. The lowest BCUT2D eigenvalue weighted by molar-refractivity contribution is 0.372. The van der Waals surface area contributed by atoms with Crippen molar-refractivity contribution in [2.24, 2.45) is 0 Å². The molecule has 4 heteroatoms. The summed E-state index contributed by atoms with van der Waals surface area (Å²) in [6, 6.07) is 4.95. The second kappa shape index (κ2) is 6.75. The molecule has 0 aliphatic carbocycles. The third-order valence-electron chi connectivity index (χ3n) is 3.58. The molecule has 1 N–H and O–H groups in total. The summed E-state index contributed by atoms with van der Waals surface area (Å²) >= 11 is 0. The SMILES string of the molecule is CCCNc1cc(N2CCCC2CN(C)C)ccn1. The first kappa shape index (κ1) is 14.1. The van der Waals surface area contributed by atoms with Gasteiger partial charge in [0.25, 0.3) is 0 Å². The van der Waals surface area contributed by atoms with Gasteiger partial charge in [-0.2, -0.15) is 0 Å². The van der Waals surface area contributed by atoms with E-state index in [1.807, 2.05) is 6.20 Å². The predicted octanol–water partition coefficient (Wildman–Crippen LogP) is 2.43. The molecular weight excluding hydrogens is 236 g/mol. The molecule has 1 atom stereocenters. The normalized spacial score (nSPS) is 19.2. The number of hydrogen-bond donors (Lipinski definition) is 1. The fourth-order valence-electron chi connectivity index (χ4n) is 2.73. The number of anilines is 2. The molecule has 2 heterocycles. The highest BCUT2D eigenvalue weighted by atomic mass is 15.2. The molecular formula is C15H26N4. The molecule has 0 amide bonds. The van der Waals surface area contributed by atoms with Crippen LogP contribution in [0.15, 0.2) is 18.3 Å². The van der Waals surface area contributed by atoms with E-state index in [-0.39, 0.29) is 0 Å². The molecule has 1 aliphatic heterocycles. The standard InChI is InChI=1S/C15H26N4/c1-4-8-16-15-11-13(7-9-17-15)19-10-5-6-14(19)12-18(2)3/h7,9,11,14H,4-6,8,10,12H2,1-3H3,(H,16,17). The number of nitrogens with one attached hydrogen (secondary N) is 1. The highest BCUT2D eigenvalue weighted by Crippen LogP contribution is 2.26. The Kier molecular flexibility index (Phi) is 5.02. The molecule has 1 saturated heterocycles. The van der Waals surface area contributed by atoms with Crippen molar-refractivity contribution < 1.29 is 0 Å². The first-order chi connectivity index (χ1) is 9.20. The topological polar surface area (TPSA) is 31.4 Å². The smallest absolute Gasteiger partial charge is 0.127 e. The Labute approximate surface area is 116 Å². The number of aromatic nitrogens is 1. The molecule has 19 heavy (non-hydrogen) atoms. The fourth-order valence-corrected chi connectivity index (χ4v) is 2.73. The lowest BCUT2D eigenvalue weighted by Crippen LogP contribution is -2.37. The zero-order valence-corrected chi connectivity index (χ0v) is 12.4. The molecule has 0 saturated carbocycles. The van der Waals surface area contributed by atoms with Crippen LogP contribution in [0, 0.1) is 0 Å². The third kappa shape index (κ3) is 3.83. The van der Waals surface area contributed by atoms with Crippen LogP contribution in [-0.4, -0.2) is 49.7 Å². The van der Waals surface area contributed by atoms with Crippen molar-refractivity contribution >= 4 is 11.5 Å². The van der Waals surface area contributed by atoms with Crippen molar-refractivity contribution in [3.8, 4) is 0 Å². The van der Waals surface area contributed by atoms with Crippen LogP contribution in [0.1, 0.15) is 26.2 Å². The van der Waals surface area contributed by atoms with Crippen LogP contribution >= 0.6 is 0 Å². The van der Waals surface area contributed by atoms with Gasteiger partial charge in [0.05, 0.1) is 0 Å². The van der Waals surface area contributed by atoms with E-state index in [1.54, 1.807) is 0 Å². The highest BCUT2D eigenvalue weighted by molar-refractivity contribution is 5.55. The van der Waals surface area contributed by atoms with Crippen LogP contribution in [-0.2, 0) is 0 Å². The Morgan fingerprint density at radius 3 is 3.05 bits per heavy atom. The second-order valence-corrected chi connectivity index (χ2v) is 5.58. The van der Waals surface area contributed by atoms with Crippen LogP contribution in [0.4, 0.5) is 11.5 Å². The number of hydrogen-bond acceptors (Lipinski definition) is 4. The molecule has 4 nitrogen and oxygen atoms in total. The van der Waals surface area contributed by atoms with Crippen LogP contribution in [0.2, 0.25) is 0 Å². The molecule has 0 radical (unpaired) electrons. The quantitative estimate of drug-likeness (QED) is 0.853. The summed E-state index contributed by atoms with van der Waals surface area (Å²) in [6.45, 7) is 5.44. The lowest BCUT2D eigenvalue weighted by atomic mass is 10.2. The van der Waals surface area contributed by atoms with E-state index < -0.39 is 0 Å². The molecule has 0 aromatic carbocycles. The number of pyridine rings is 1. The van der Waals surface area contributed by atoms with Crippen LogP contribution < -0.4 is 10.2 Å². The molecule has 106 valence electrons. The molecule has 2 rings (SSSR count). The van der Waals surface area contributed by atoms with E-state index in [1.165, 1.54) is 18.5 Å². The second-order valence-electron chi connectivity index (χ2n) is 5.58. The van der Waals surface area contributed by atoms with E-state index in [0.717, 1.165) is 31.9 Å². The van der Waals surface area contributed by atoms with Crippen LogP contribution in [0.5, 0.6) is 0 Å². The Morgan fingerprint density at radius 2 is 2.32 bits per heavy atom. The first-order valence-electron chi connectivity index (χ1n) is 7.32. The average Bonchev–Trinajstić information content (AvgIpc) is 2.84. The number of likely N-dealkylation sites (N-methyl/N-ethyl adjacent to an activating group) is 1. The largest absolute Gasteiger partial charge is 0.370 e. The maximum atomic E-state index is 4.39. The summed E-state index contributed by atoms with van der Waals surface area (Å²) in [4.78, 5) is 9.19. The van der Waals surface area contributed by atoms with Gasteiger partial charge in [-0.3, -0.25) is 0 Å². The van der Waals surface area contributed by atoms with Crippen molar-refractivity contribution in [3.05, 3.63) is 18.3 Å². The minimum atomic E-state index is 0.636. The van der Waals surface area contributed by atoms with E-state index in [4.69, 9.17) is 0 Å². The number of rotatable bonds is 6. The Bertz CT molecular complexity index is 391. The fraction of sp³-hybridized carbons (Fsp3) is 0.667. The minimum Gasteiger partial charge on any atom is -0.370 e. The summed E-state index contributed by atoms with van der Waals surface area (Å²) in [5.41, 5.74) is 1.30. The number of nitrogens with zero attached hydrogens (tertiary/aromatic N) is 3. The average molecular weight is 262 g/mol. The van der Waals surface area contributed by atoms with Crippen molar-refractivity contribution in [1.82, 2.24) is 9.88 Å². The molecule has 0 bridgehead atoms.